The quantitative estimate of drug-likeness (QED) is 0.587. The molecule has 0 aliphatic rings. The molecule has 28 heavy (non-hydrogen) atoms. The Kier molecular flexibility index (Phi) is 6.16. The lowest BCUT2D eigenvalue weighted by atomic mass is 10.1. The summed E-state index contributed by atoms with van der Waals surface area (Å²) in [6.45, 7) is 0.264. The number of carbonyl (C=O) groups excluding carboxylic acids is 2. The molecule has 0 bridgehead atoms. The third-order valence-electron chi connectivity index (χ3n) is 3.95. The molecule has 0 atom stereocenters. The molecule has 0 aliphatic heterocycles. The van der Waals surface area contributed by atoms with Gasteiger partial charge in [-0.15, -0.1) is 0 Å². The van der Waals surface area contributed by atoms with Crippen LogP contribution in [0.3, 0.4) is 0 Å². The Morgan fingerprint density at radius 1 is 0.857 bits per heavy atom. The van der Waals surface area contributed by atoms with Crippen molar-refractivity contribution < 1.29 is 18.4 Å². The van der Waals surface area contributed by atoms with Gasteiger partial charge in [0.2, 0.25) is 0 Å². The van der Waals surface area contributed by atoms with Crippen LogP contribution in [0.25, 0.3) is 0 Å². The molecule has 0 heterocycles. The fourth-order valence-electron chi connectivity index (χ4n) is 2.46. The van der Waals surface area contributed by atoms with E-state index in [9.17, 15) is 18.4 Å². The van der Waals surface area contributed by atoms with Crippen molar-refractivity contribution in [2.75, 3.05) is 5.32 Å². The molecule has 0 unspecified atom stereocenters. The number of benzene rings is 3. The Morgan fingerprint density at radius 2 is 1.54 bits per heavy atom. The standard InChI is InChI=1S/C21H15BrF2N2O2/c22-15-5-10-18(19(24)11-15)21(28)26-17-8-3-14(4-9-17)20(27)25-12-13-1-6-16(23)7-2-13/h1-11H,12H2,(H,25,27)(H,26,28). The molecule has 0 saturated carbocycles. The number of halogens is 3. The molecule has 2 amide bonds. The van der Waals surface area contributed by atoms with Crippen LogP contribution < -0.4 is 10.6 Å². The zero-order valence-electron chi connectivity index (χ0n) is 14.5. The van der Waals surface area contributed by atoms with Crippen LogP contribution >= 0.6 is 15.9 Å². The van der Waals surface area contributed by atoms with Gasteiger partial charge in [-0.3, -0.25) is 9.59 Å². The molecular formula is C21H15BrF2N2O2. The van der Waals surface area contributed by atoms with E-state index in [1.54, 1.807) is 42.5 Å². The highest BCUT2D eigenvalue weighted by Crippen LogP contribution is 2.17. The Labute approximate surface area is 168 Å². The third kappa shape index (κ3) is 5.01. The summed E-state index contributed by atoms with van der Waals surface area (Å²) in [5, 5.41) is 5.32. The van der Waals surface area contributed by atoms with Gasteiger partial charge in [-0.25, -0.2) is 8.78 Å². The first-order chi connectivity index (χ1) is 13.4. The van der Waals surface area contributed by atoms with E-state index in [-0.39, 0.29) is 23.8 Å². The van der Waals surface area contributed by atoms with Gasteiger partial charge < -0.3 is 10.6 Å². The Hall–Kier alpha value is -3.06. The van der Waals surface area contributed by atoms with Gasteiger partial charge in [0.25, 0.3) is 11.8 Å². The fraction of sp³-hybridized carbons (Fsp3) is 0.0476. The van der Waals surface area contributed by atoms with Crippen molar-refractivity contribution in [2.45, 2.75) is 6.54 Å². The largest absolute Gasteiger partial charge is 0.348 e. The molecule has 2 N–H and O–H groups in total. The van der Waals surface area contributed by atoms with Crippen molar-refractivity contribution in [2.24, 2.45) is 0 Å². The van der Waals surface area contributed by atoms with Crippen molar-refractivity contribution in [1.29, 1.82) is 0 Å². The zero-order chi connectivity index (χ0) is 20.1. The highest BCUT2D eigenvalue weighted by atomic mass is 79.9. The van der Waals surface area contributed by atoms with Crippen LogP contribution in [0.5, 0.6) is 0 Å². The molecule has 0 spiro atoms. The first kappa shape index (κ1) is 19.7. The lowest BCUT2D eigenvalue weighted by Gasteiger charge is -2.08. The Balaban J connectivity index is 1.60. The average Bonchev–Trinajstić information content (AvgIpc) is 2.67. The Morgan fingerprint density at radius 3 is 2.18 bits per heavy atom. The smallest absolute Gasteiger partial charge is 0.258 e. The molecule has 0 radical (unpaired) electrons. The van der Waals surface area contributed by atoms with Crippen LogP contribution in [-0.4, -0.2) is 11.8 Å². The first-order valence-corrected chi connectivity index (χ1v) is 9.11. The summed E-state index contributed by atoms with van der Waals surface area (Å²) < 4.78 is 27.3. The maximum atomic E-state index is 13.9. The minimum absolute atomic E-state index is 0.0793. The molecule has 7 heteroatoms. The third-order valence-corrected chi connectivity index (χ3v) is 4.44. The minimum atomic E-state index is -0.635. The lowest BCUT2D eigenvalue weighted by molar-refractivity contribution is 0.0950. The van der Waals surface area contributed by atoms with E-state index in [4.69, 9.17) is 0 Å². The number of hydrogen-bond acceptors (Lipinski definition) is 2. The van der Waals surface area contributed by atoms with E-state index >= 15 is 0 Å². The zero-order valence-corrected chi connectivity index (χ0v) is 16.1. The number of carbonyl (C=O) groups is 2. The van der Waals surface area contributed by atoms with Crippen LogP contribution in [0.2, 0.25) is 0 Å². The number of nitrogens with one attached hydrogen (secondary N) is 2. The van der Waals surface area contributed by atoms with Crippen LogP contribution in [0.1, 0.15) is 26.3 Å². The van der Waals surface area contributed by atoms with E-state index in [1.165, 1.54) is 24.3 Å². The van der Waals surface area contributed by atoms with Gasteiger partial charge in [-0.05, 0) is 60.2 Å². The van der Waals surface area contributed by atoms with Gasteiger partial charge in [0, 0.05) is 22.3 Å². The second-order valence-electron chi connectivity index (χ2n) is 5.96. The highest BCUT2D eigenvalue weighted by Gasteiger charge is 2.13. The van der Waals surface area contributed by atoms with Gasteiger partial charge in [0.05, 0.1) is 5.56 Å². The number of anilines is 1. The molecule has 0 aromatic heterocycles. The van der Waals surface area contributed by atoms with Crippen LogP contribution in [-0.2, 0) is 6.54 Å². The highest BCUT2D eigenvalue weighted by molar-refractivity contribution is 9.10. The van der Waals surface area contributed by atoms with E-state index in [1.807, 2.05) is 0 Å². The first-order valence-electron chi connectivity index (χ1n) is 8.31. The van der Waals surface area contributed by atoms with Gasteiger partial charge >= 0.3 is 0 Å². The van der Waals surface area contributed by atoms with Crippen molar-refractivity contribution >= 4 is 33.4 Å². The van der Waals surface area contributed by atoms with Crippen molar-refractivity contribution in [3.63, 3.8) is 0 Å². The predicted molar refractivity (Wildman–Crippen MR) is 106 cm³/mol. The molecule has 3 rings (SSSR count). The Bertz CT molecular complexity index is 1010. The maximum Gasteiger partial charge on any atom is 0.258 e. The summed E-state index contributed by atoms with van der Waals surface area (Å²) in [7, 11) is 0. The summed E-state index contributed by atoms with van der Waals surface area (Å²) in [5.41, 5.74) is 1.52. The second-order valence-corrected chi connectivity index (χ2v) is 6.88. The number of rotatable bonds is 5. The minimum Gasteiger partial charge on any atom is -0.348 e. The average molecular weight is 445 g/mol. The summed E-state index contributed by atoms with van der Waals surface area (Å²) in [4.78, 5) is 24.4. The van der Waals surface area contributed by atoms with Crippen LogP contribution in [0, 0.1) is 11.6 Å². The second kappa shape index (κ2) is 8.75. The summed E-state index contributed by atoms with van der Waals surface area (Å²) in [6, 6.07) is 16.2. The summed E-state index contributed by atoms with van der Waals surface area (Å²) >= 11 is 3.14. The molecule has 3 aromatic rings. The number of amides is 2. The topological polar surface area (TPSA) is 58.2 Å². The molecule has 0 fully saturated rings. The van der Waals surface area contributed by atoms with E-state index in [0.717, 1.165) is 5.56 Å². The van der Waals surface area contributed by atoms with Gasteiger partial charge in [-0.1, -0.05) is 28.1 Å². The van der Waals surface area contributed by atoms with E-state index in [2.05, 4.69) is 26.6 Å². The van der Waals surface area contributed by atoms with Gasteiger partial charge in [0.1, 0.15) is 11.6 Å². The molecular weight excluding hydrogens is 430 g/mol. The van der Waals surface area contributed by atoms with Crippen LogP contribution in [0.15, 0.2) is 71.2 Å². The van der Waals surface area contributed by atoms with Crippen LogP contribution in [0.4, 0.5) is 14.5 Å². The maximum absolute atomic E-state index is 13.9. The normalized spacial score (nSPS) is 10.4. The van der Waals surface area contributed by atoms with Crippen molar-refractivity contribution in [3.8, 4) is 0 Å². The molecule has 0 saturated heterocycles. The predicted octanol–water partition coefficient (Wildman–Crippen LogP) is 4.91. The monoisotopic (exact) mass is 444 g/mol. The van der Waals surface area contributed by atoms with E-state index < -0.39 is 11.7 Å². The number of hydrogen-bond donors (Lipinski definition) is 2. The SMILES string of the molecule is O=C(NCc1ccc(F)cc1)c1ccc(NC(=O)c2ccc(Br)cc2F)cc1. The lowest BCUT2D eigenvalue weighted by Crippen LogP contribution is -2.22. The summed E-state index contributed by atoms with van der Waals surface area (Å²) in [6.07, 6.45) is 0. The summed E-state index contributed by atoms with van der Waals surface area (Å²) in [5.74, 6) is -1.86. The molecule has 4 nitrogen and oxygen atoms in total. The fourth-order valence-corrected chi connectivity index (χ4v) is 2.80. The molecule has 3 aromatic carbocycles. The molecule has 142 valence electrons. The van der Waals surface area contributed by atoms with Gasteiger partial charge in [-0.2, -0.15) is 0 Å². The van der Waals surface area contributed by atoms with E-state index in [0.29, 0.717) is 15.7 Å². The molecule has 0 aliphatic carbocycles. The van der Waals surface area contributed by atoms with Gasteiger partial charge in [0.15, 0.2) is 0 Å². The van der Waals surface area contributed by atoms with Crippen molar-refractivity contribution in [1.82, 2.24) is 5.32 Å². The van der Waals surface area contributed by atoms with Crippen molar-refractivity contribution in [3.05, 3.63) is 99.5 Å².